The monoisotopic (exact) mass is 463 g/mol. The number of aryl methyl sites for hydroxylation is 2. The number of nitrogens with one attached hydrogen (secondary N) is 1. The van der Waals surface area contributed by atoms with Crippen molar-refractivity contribution in [3.63, 3.8) is 0 Å². The van der Waals surface area contributed by atoms with Crippen LogP contribution in [0.2, 0.25) is 0 Å². The molecule has 0 saturated heterocycles. The predicted molar refractivity (Wildman–Crippen MR) is 130 cm³/mol. The van der Waals surface area contributed by atoms with Crippen LogP contribution in [0.5, 0.6) is 11.5 Å². The minimum absolute atomic E-state index is 0.0370. The van der Waals surface area contributed by atoms with Crippen molar-refractivity contribution >= 4 is 23.2 Å². The van der Waals surface area contributed by atoms with E-state index in [0.29, 0.717) is 32.1 Å². The number of aliphatic carboxylic acids is 1. The third-order valence-electron chi connectivity index (χ3n) is 6.31. The number of carboxylic acid groups (broad SMARTS) is 1. The molecule has 1 saturated carbocycles. The Morgan fingerprint density at radius 2 is 1.58 bits per heavy atom. The van der Waals surface area contributed by atoms with Crippen LogP contribution in [0.1, 0.15) is 56.9 Å². The normalized spacial score (nSPS) is 18.0. The van der Waals surface area contributed by atoms with E-state index in [1.807, 2.05) is 61.5 Å². The maximum absolute atomic E-state index is 13.2. The molecule has 172 valence electrons. The van der Waals surface area contributed by atoms with E-state index in [1.54, 1.807) is 11.3 Å². The zero-order valence-electron chi connectivity index (χ0n) is 19.0. The third kappa shape index (κ3) is 5.63. The molecule has 33 heavy (non-hydrogen) atoms. The number of benzene rings is 2. The van der Waals surface area contributed by atoms with Crippen molar-refractivity contribution in [1.82, 2.24) is 5.32 Å². The Morgan fingerprint density at radius 1 is 0.939 bits per heavy atom. The second-order valence-corrected chi connectivity index (χ2v) is 10.1. The zero-order chi connectivity index (χ0) is 23.4. The molecular weight excluding hydrogens is 434 g/mol. The highest BCUT2D eigenvalue weighted by Gasteiger charge is 2.28. The van der Waals surface area contributed by atoms with Gasteiger partial charge in [0.15, 0.2) is 0 Å². The number of amides is 1. The Bertz CT molecular complexity index is 1110. The fraction of sp³-hybridized carbons (Fsp3) is 0.333. The molecular formula is C27H29NO4S. The Hall–Kier alpha value is -3.12. The quantitative estimate of drug-likeness (QED) is 0.442. The van der Waals surface area contributed by atoms with Gasteiger partial charge >= 0.3 is 5.97 Å². The van der Waals surface area contributed by atoms with Gasteiger partial charge in [0.05, 0.1) is 11.5 Å². The molecule has 2 N–H and O–H groups in total. The first-order valence-corrected chi connectivity index (χ1v) is 12.2. The smallest absolute Gasteiger partial charge is 0.306 e. The van der Waals surface area contributed by atoms with E-state index in [4.69, 9.17) is 4.74 Å². The molecule has 0 spiro atoms. The van der Waals surface area contributed by atoms with E-state index >= 15 is 0 Å². The topological polar surface area (TPSA) is 75.6 Å². The number of carbonyl (C=O) groups is 2. The van der Waals surface area contributed by atoms with E-state index in [2.05, 4.69) is 12.2 Å². The van der Waals surface area contributed by atoms with Gasteiger partial charge in [0.2, 0.25) is 0 Å². The van der Waals surface area contributed by atoms with Crippen molar-refractivity contribution in [2.75, 3.05) is 0 Å². The number of hydrogen-bond acceptors (Lipinski definition) is 4. The van der Waals surface area contributed by atoms with Gasteiger partial charge in [-0.05, 0) is 81.3 Å². The lowest BCUT2D eigenvalue weighted by molar-refractivity contribution is -0.142. The number of hydrogen-bond donors (Lipinski definition) is 2. The van der Waals surface area contributed by atoms with Crippen molar-refractivity contribution in [2.24, 2.45) is 5.92 Å². The molecule has 0 radical (unpaired) electrons. The van der Waals surface area contributed by atoms with Crippen LogP contribution in [0.15, 0.2) is 54.6 Å². The van der Waals surface area contributed by atoms with Crippen LogP contribution < -0.4 is 10.1 Å². The highest BCUT2D eigenvalue weighted by molar-refractivity contribution is 7.12. The number of ether oxygens (including phenoxy) is 1. The van der Waals surface area contributed by atoms with Crippen molar-refractivity contribution < 1.29 is 19.4 Å². The number of thiophene rings is 1. The average Bonchev–Trinajstić information content (AvgIpc) is 3.08. The van der Waals surface area contributed by atoms with Crippen LogP contribution in [0.3, 0.4) is 0 Å². The minimum Gasteiger partial charge on any atom is -0.481 e. The van der Waals surface area contributed by atoms with Gasteiger partial charge in [-0.1, -0.05) is 30.3 Å². The molecule has 1 aliphatic carbocycles. The highest BCUT2D eigenvalue weighted by Crippen LogP contribution is 2.31. The summed E-state index contributed by atoms with van der Waals surface area (Å²) in [6, 6.07) is 17.7. The molecule has 0 atom stereocenters. The van der Waals surface area contributed by atoms with Crippen LogP contribution in [0, 0.1) is 19.8 Å². The molecule has 6 heteroatoms. The summed E-state index contributed by atoms with van der Waals surface area (Å²) in [5.41, 5.74) is 2.95. The first-order valence-electron chi connectivity index (χ1n) is 11.3. The van der Waals surface area contributed by atoms with Gasteiger partial charge < -0.3 is 15.2 Å². The highest BCUT2D eigenvalue weighted by atomic mass is 32.1. The molecule has 1 heterocycles. The van der Waals surface area contributed by atoms with Crippen molar-refractivity contribution in [1.29, 1.82) is 0 Å². The SMILES string of the molecule is Cc1sc(C)c(C(=O)NC2CCC(C(=O)O)CC2)c1Cc1ccc(Oc2ccccc2)cc1. The Kier molecular flexibility index (Phi) is 7.14. The van der Waals surface area contributed by atoms with E-state index in [1.165, 1.54) is 0 Å². The molecule has 0 aliphatic heterocycles. The molecule has 1 fully saturated rings. The first-order chi connectivity index (χ1) is 15.9. The summed E-state index contributed by atoms with van der Waals surface area (Å²) >= 11 is 1.65. The molecule has 1 aliphatic rings. The maximum atomic E-state index is 13.2. The zero-order valence-corrected chi connectivity index (χ0v) is 19.8. The van der Waals surface area contributed by atoms with Gasteiger partial charge in [-0.25, -0.2) is 0 Å². The third-order valence-corrected chi connectivity index (χ3v) is 7.37. The van der Waals surface area contributed by atoms with Crippen molar-refractivity contribution in [3.8, 4) is 11.5 Å². The lowest BCUT2D eigenvalue weighted by atomic mass is 9.86. The number of para-hydroxylation sites is 1. The van der Waals surface area contributed by atoms with Crippen molar-refractivity contribution in [3.05, 3.63) is 81.0 Å². The maximum Gasteiger partial charge on any atom is 0.306 e. The predicted octanol–water partition coefficient (Wildman–Crippen LogP) is 6.12. The molecule has 3 aromatic rings. The summed E-state index contributed by atoms with van der Waals surface area (Å²) in [5, 5.41) is 12.4. The van der Waals surface area contributed by atoms with Crippen LogP contribution in [-0.2, 0) is 11.2 Å². The van der Waals surface area contributed by atoms with E-state index in [-0.39, 0.29) is 17.9 Å². The number of carboxylic acids is 1. The minimum atomic E-state index is -0.730. The van der Waals surface area contributed by atoms with Gasteiger partial charge in [-0.3, -0.25) is 9.59 Å². The lowest BCUT2D eigenvalue weighted by Gasteiger charge is -2.27. The van der Waals surface area contributed by atoms with E-state index in [0.717, 1.165) is 37.9 Å². The lowest BCUT2D eigenvalue weighted by Crippen LogP contribution is -2.39. The van der Waals surface area contributed by atoms with Crippen molar-refractivity contribution in [2.45, 2.75) is 52.0 Å². The summed E-state index contributed by atoms with van der Waals surface area (Å²) in [4.78, 5) is 26.5. The van der Waals surface area contributed by atoms with Gasteiger partial charge in [0.25, 0.3) is 5.91 Å². The molecule has 1 amide bonds. The van der Waals surface area contributed by atoms with E-state index in [9.17, 15) is 14.7 Å². The number of carbonyl (C=O) groups excluding carboxylic acids is 1. The second-order valence-electron chi connectivity index (χ2n) is 8.66. The molecule has 4 rings (SSSR count). The Morgan fingerprint density at radius 3 is 2.21 bits per heavy atom. The molecule has 1 aromatic heterocycles. The molecule has 0 unspecified atom stereocenters. The Labute approximate surface area is 198 Å². The standard InChI is InChI=1S/C27H29NO4S/c1-17-24(16-19-8-14-23(15-9-19)32-22-6-4-3-5-7-22)25(18(2)33-17)26(29)28-21-12-10-20(11-13-21)27(30)31/h3-9,14-15,20-21H,10-13,16H2,1-2H3,(H,28,29)(H,30,31). The summed E-state index contributed by atoms with van der Waals surface area (Å²) in [5.74, 6) is 0.512. The van der Waals surface area contributed by atoms with Crippen LogP contribution in [0.25, 0.3) is 0 Å². The van der Waals surface area contributed by atoms with E-state index < -0.39 is 5.97 Å². The fourth-order valence-electron chi connectivity index (χ4n) is 4.49. The average molecular weight is 464 g/mol. The summed E-state index contributed by atoms with van der Waals surface area (Å²) in [6.07, 6.45) is 3.33. The van der Waals surface area contributed by atoms with Crippen LogP contribution in [0.4, 0.5) is 0 Å². The van der Waals surface area contributed by atoms with Crippen LogP contribution >= 0.6 is 11.3 Å². The molecule has 5 nitrogen and oxygen atoms in total. The summed E-state index contributed by atoms with van der Waals surface area (Å²) < 4.78 is 5.88. The summed E-state index contributed by atoms with van der Waals surface area (Å²) in [6.45, 7) is 4.06. The first kappa shape index (κ1) is 23.1. The van der Waals surface area contributed by atoms with Gasteiger partial charge in [-0.15, -0.1) is 11.3 Å². The van der Waals surface area contributed by atoms with Gasteiger partial charge in [0, 0.05) is 15.8 Å². The van der Waals surface area contributed by atoms with Crippen LogP contribution in [-0.4, -0.2) is 23.0 Å². The Balaban J connectivity index is 1.44. The largest absolute Gasteiger partial charge is 0.481 e. The summed E-state index contributed by atoms with van der Waals surface area (Å²) in [7, 11) is 0. The fourth-order valence-corrected chi connectivity index (χ4v) is 5.56. The number of rotatable bonds is 7. The van der Waals surface area contributed by atoms with Gasteiger partial charge in [-0.2, -0.15) is 0 Å². The second kappa shape index (κ2) is 10.2. The van der Waals surface area contributed by atoms with Gasteiger partial charge in [0.1, 0.15) is 11.5 Å². The molecule has 0 bridgehead atoms. The molecule has 2 aromatic carbocycles.